The lowest BCUT2D eigenvalue weighted by molar-refractivity contribution is -0.123. The van der Waals surface area contributed by atoms with E-state index >= 15 is 0 Å². The summed E-state index contributed by atoms with van der Waals surface area (Å²) >= 11 is 1.28. The number of aromatic nitrogens is 1. The molecule has 1 aromatic heterocycles. The van der Waals surface area contributed by atoms with Gasteiger partial charge in [-0.3, -0.25) is 20.4 Å². The van der Waals surface area contributed by atoms with Crippen molar-refractivity contribution in [3.05, 3.63) is 70.7 Å². The Morgan fingerprint density at radius 2 is 1.72 bits per heavy atom. The number of hydrogen-bond acceptors (Lipinski definition) is 5. The van der Waals surface area contributed by atoms with Gasteiger partial charge < -0.3 is 4.74 Å². The van der Waals surface area contributed by atoms with Crippen LogP contribution in [0.4, 0.5) is 0 Å². The molecule has 2 N–H and O–H groups in total. The largest absolute Gasteiger partial charge is 0.484 e. The summed E-state index contributed by atoms with van der Waals surface area (Å²) in [4.78, 5) is 29.3. The second-order valence-electron chi connectivity index (χ2n) is 6.81. The Morgan fingerprint density at radius 1 is 1.03 bits per heavy atom. The van der Waals surface area contributed by atoms with Crippen molar-refractivity contribution in [3.8, 4) is 16.3 Å². The zero-order chi connectivity index (χ0) is 20.8. The third-order valence-electron chi connectivity index (χ3n) is 4.26. The summed E-state index contributed by atoms with van der Waals surface area (Å²) in [5, 5.41) is 0.757. The molecule has 7 heteroatoms. The van der Waals surface area contributed by atoms with E-state index in [-0.39, 0.29) is 6.61 Å². The maximum Gasteiger partial charge on any atom is 0.281 e. The van der Waals surface area contributed by atoms with Gasteiger partial charge in [-0.1, -0.05) is 56.3 Å². The highest BCUT2D eigenvalue weighted by Gasteiger charge is 2.17. The highest BCUT2D eigenvalue weighted by atomic mass is 32.1. The van der Waals surface area contributed by atoms with E-state index in [4.69, 9.17) is 4.74 Å². The molecule has 0 aliphatic carbocycles. The van der Waals surface area contributed by atoms with E-state index in [1.165, 1.54) is 16.9 Å². The fourth-order valence-electron chi connectivity index (χ4n) is 2.63. The number of nitrogens with zero attached hydrogens (tertiary/aromatic N) is 1. The van der Waals surface area contributed by atoms with Crippen molar-refractivity contribution in [2.75, 3.05) is 6.61 Å². The van der Waals surface area contributed by atoms with Gasteiger partial charge in [0.25, 0.3) is 11.8 Å². The standard InChI is InChI=1S/C22H23N3O3S/c1-14(2)16-9-11-18(12-10-16)28-13-19(26)24-25-21(27)20-15(3)23-22(29-20)17-7-5-4-6-8-17/h4-12,14H,13H2,1-3H3,(H,24,26)(H,25,27). The monoisotopic (exact) mass is 409 g/mol. The zero-order valence-electron chi connectivity index (χ0n) is 16.6. The van der Waals surface area contributed by atoms with E-state index in [9.17, 15) is 9.59 Å². The first-order valence-corrected chi connectivity index (χ1v) is 10.1. The quantitative estimate of drug-likeness (QED) is 0.601. The number of ether oxygens (including phenoxy) is 1. The Bertz CT molecular complexity index is 982. The van der Waals surface area contributed by atoms with E-state index in [1.54, 1.807) is 6.92 Å². The first-order chi connectivity index (χ1) is 13.9. The number of nitrogens with one attached hydrogen (secondary N) is 2. The van der Waals surface area contributed by atoms with Gasteiger partial charge in [-0.05, 0) is 30.5 Å². The van der Waals surface area contributed by atoms with Crippen LogP contribution < -0.4 is 15.6 Å². The van der Waals surface area contributed by atoms with Crippen molar-refractivity contribution < 1.29 is 14.3 Å². The summed E-state index contributed by atoms with van der Waals surface area (Å²) in [6.07, 6.45) is 0. The average Bonchev–Trinajstić information content (AvgIpc) is 3.13. The van der Waals surface area contributed by atoms with E-state index in [0.717, 1.165) is 10.6 Å². The van der Waals surface area contributed by atoms with Crippen LogP contribution in [0.5, 0.6) is 5.75 Å². The molecule has 0 atom stereocenters. The number of hydrazine groups is 1. The summed E-state index contributed by atoms with van der Waals surface area (Å²) in [5.74, 6) is 0.176. The van der Waals surface area contributed by atoms with Gasteiger partial charge in [-0.25, -0.2) is 4.98 Å². The van der Waals surface area contributed by atoms with E-state index in [2.05, 4.69) is 29.7 Å². The van der Waals surface area contributed by atoms with Crippen LogP contribution in [-0.4, -0.2) is 23.4 Å². The minimum Gasteiger partial charge on any atom is -0.484 e. The lowest BCUT2D eigenvalue weighted by Gasteiger charge is -2.10. The van der Waals surface area contributed by atoms with Crippen molar-refractivity contribution in [3.63, 3.8) is 0 Å². The molecule has 0 radical (unpaired) electrons. The van der Waals surface area contributed by atoms with Gasteiger partial charge in [0.1, 0.15) is 15.6 Å². The molecule has 1 heterocycles. The van der Waals surface area contributed by atoms with Crippen LogP contribution >= 0.6 is 11.3 Å². The van der Waals surface area contributed by atoms with Crippen LogP contribution in [0.25, 0.3) is 10.6 Å². The van der Waals surface area contributed by atoms with Gasteiger partial charge in [-0.2, -0.15) is 0 Å². The van der Waals surface area contributed by atoms with Gasteiger partial charge >= 0.3 is 0 Å². The molecule has 0 aliphatic rings. The van der Waals surface area contributed by atoms with E-state index in [0.29, 0.717) is 22.2 Å². The van der Waals surface area contributed by atoms with E-state index < -0.39 is 11.8 Å². The molecule has 0 saturated carbocycles. The zero-order valence-corrected chi connectivity index (χ0v) is 17.4. The predicted octanol–water partition coefficient (Wildman–Crippen LogP) is 4.08. The number of benzene rings is 2. The number of carbonyl (C=O) groups is 2. The minimum atomic E-state index is -0.447. The summed E-state index contributed by atoms with van der Waals surface area (Å²) in [7, 11) is 0. The third-order valence-corrected chi connectivity index (χ3v) is 5.46. The number of amides is 2. The van der Waals surface area contributed by atoms with Crippen molar-refractivity contribution in [1.82, 2.24) is 15.8 Å². The Kier molecular flexibility index (Phi) is 6.61. The first kappa shape index (κ1) is 20.5. The molecule has 0 spiro atoms. The number of rotatable bonds is 6. The molecule has 3 aromatic rings. The van der Waals surface area contributed by atoms with Crippen LogP contribution in [0.2, 0.25) is 0 Å². The normalized spacial score (nSPS) is 10.6. The smallest absolute Gasteiger partial charge is 0.281 e. The van der Waals surface area contributed by atoms with Gasteiger partial charge in [0.15, 0.2) is 6.61 Å². The van der Waals surface area contributed by atoms with Gasteiger partial charge in [0.2, 0.25) is 0 Å². The lowest BCUT2D eigenvalue weighted by atomic mass is 10.0. The Hall–Kier alpha value is -3.19. The summed E-state index contributed by atoms with van der Waals surface area (Å²) in [5.41, 5.74) is 7.55. The maximum absolute atomic E-state index is 12.4. The van der Waals surface area contributed by atoms with Crippen LogP contribution in [0.15, 0.2) is 54.6 Å². The fourth-order valence-corrected chi connectivity index (χ4v) is 3.60. The van der Waals surface area contributed by atoms with Crippen molar-refractivity contribution in [2.24, 2.45) is 0 Å². The van der Waals surface area contributed by atoms with Crippen molar-refractivity contribution in [2.45, 2.75) is 26.7 Å². The highest BCUT2D eigenvalue weighted by molar-refractivity contribution is 7.17. The Labute approximate surface area is 173 Å². The molecule has 2 aromatic carbocycles. The molecule has 0 unspecified atom stereocenters. The molecule has 2 amide bonds. The maximum atomic E-state index is 12.4. The van der Waals surface area contributed by atoms with Gasteiger partial charge in [0.05, 0.1) is 5.69 Å². The minimum absolute atomic E-state index is 0.196. The number of thiazole rings is 1. The number of carbonyl (C=O) groups excluding carboxylic acids is 2. The Morgan fingerprint density at radius 3 is 2.38 bits per heavy atom. The molecule has 0 aliphatic heterocycles. The summed E-state index contributed by atoms with van der Waals surface area (Å²) < 4.78 is 5.45. The first-order valence-electron chi connectivity index (χ1n) is 9.29. The molecule has 3 rings (SSSR count). The van der Waals surface area contributed by atoms with Crippen LogP contribution in [0, 0.1) is 6.92 Å². The van der Waals surface area contributed by atoms with E-state index in [1.807, 2.05) is 54.6 Å². The predicted molar refractivity (Wildman–Crippen MR) is 114 cm³/mol. The summed E-state index contributed by atoms with van der Waals surface area (Å²) in [6, 6.07) is 17.2. The van der Waals surface area contributed by atoms with Gasteiger partial charge in [0, 0.05) is 5.56 Å². The molecule has 150 valence electrons. The van der Waals surface area contributed by atoms with Gasteiger partial charge in [-0.15, -0.1) is 11.3 Å². The summed E-state index contributed by atoms with van der Waals surface area (Å²) in [6.45, 7) is 5.79. The molecule has 0 bridgehead atoms. The van der Waals surface area contributed by atoms with Crippen molar-refractivity contribution >= 4 is 23.2 Å². The number of hydrogen-bond donors (Lipinski definition) is 2. The average molecular weight is 410 g/mol. The number of aryl methyl sites for hydroxylation is 1. The molecule has 29 heavy (non-hydrogen) atoms. The second-order valence-corrected chi connectivity index (χ2v) is 7.81. The lowest BCUT2D eigenvalue weighted by Crippen LogP contribution is -2.43. The SMILES string of the molecule is Cc1nc(-c2ccccc2)sc1C(=O)NNC(=O)COc1ccc(C(C)C)cc1. The van der Waals surface area contributed by atoms with Crippen molar-refractivity contribution in [1.29, 1.82) is 0 Å². The fraction of sp³-hybridized carbons (Fsp3) is 0.227. The molecular formula is C22H23N3O3S. The highest BCUT2D eigenvalue weighted by Crippen LogP contribution is 2.27. The Balaban J connectivity index is 1.51. The second kappa shape index (κ2) is 9.34. The van der Waals surface area contributed by atoms with Crippen LogP contribution in [0.3, 0.4) is 0 Å². The van der Waals surface area contributed by atoms with Crippen LogP contribution in [-0.2, 0) is 4.79 Å². The molecular weight excluding hydrogens is 386 g/mol. The topological polar surface area (TPSA) is 80.3 Å². The third kappa shape index (κ3) is 5.42. The molecule has 0 saturated heterocycles. The van der Waals surface area contributed by atoms with Crippen LogP contribution in [0.1, 0.15) is 40.7 Å². The molecule has 0 fully saturated rings. The molecule has 6 nitrogen and oxygen atoms in total.